The van der Waals surface area contributed by atoms with Gasteiger partial charge < -0.3 is 14.8 Å². The van der Waals surface area contributed by atoms with Gasteiger partial charge in [0.1, 0.15) is 5.75 Å². The van der Waals surface area contributed by atoms with E-state index < -0.39 is 5.97 Å². The maximum atomic E-state index is 12.9. The van der Waals surface area contributed by atoms with Gasteiger partial charge in [-0.05, 0) is 24.6 Å². The summed E-state index contributed by atoms with van der Waals surface area (Å²) in [7, 11) is 1.57. The summed E-state index contributed by atoms with van der Waals surface area (Å²) >= 11 is 0. The number of nitrogens with one attached hydrogen (secondary N) is 1. The molecule has 3 rings (SSSR count). The second-order valence-corrected chi connectivity index (χ2v) is 5.71. The number of H-pyrrole nitrogens is 1. The number of carboxylic acids is 1. The van der Waals surface area contributed by atoms with Gasteiger partial charge in [-0.15, -0.1) is 0 Å². The molecule has 6 heteroatoms. The molecule has 1 aliphatic rings. The number of aromatic nitrogens is 1. The predicted octanol–water partition coefficient (Wildman–Crippen LogP) is 3.13. The number of carbonyl (C=O) groups is 2. The molecular weight excluding hydrogens is 332 g/mol. The van der Waals surface area contributed by atoms with Crippen LogP contribution in [0, 0.1) is 12.0 Å². The average Bonchev–Trinajstić information content (AvgIpc) is 3.19. The second-order valence-electron chi connectivity index (χ2n) is 5.71. The summed E-state index contributed by atoms with van der Waals surface area (Å²) in [5, 5.41) is 8.66. The Hall–Kier alpha value is -3.46. The van der Waals surface area contributed by atoms with Gasteiger partial charge in [0.2, 0.25) is 0 Å². The summed E-state index contributed by atoms with van der Waals surface area (Å²) in [5.74, 6) is 2.48. The fourth-order valence-corrected chi connectivity index (χ4v) is 2.76. The van der Waals surface area contributed by atoms with Crippen molar-refractivity contribution < 1.29 is 19.4 Å². The molecule has 2 N–H and O–H groups in total. The van der Waals surface area contributed by atoms with Crippen LogP contribution in [0.2, 0.25) is 0 Å². The first-order valence-corrected chi connectivity index (χ1v) is 8.19. The van der Waals surface area contributed by atoms with Crippen LogP contribution in [-0.2, 0) is 9.59 Å². The van der Waals surface area contributed by atoms with Crippen molar-refractivity contribution in [3.8, 4) is 17.7 Å². The molecule has 26 heavy (non-hydrogen) atoms. The van der Waals surface area contributed by atoms with Crippen molar-refractivity contribution >= 4 is 29.2 Å². The predicted molar refractivity (Wildman–Crippen MR) is 98.4 cm³/mol. The number of fused-ring (bicyclic) bond motifs is 1. The summed E-state index contributed by atoms with van der Waals surface area (Å²) < 4.78 is 5.28. The first kappa shape index (κ1) is 17.4. The topological polar surface area (TPSA) is 82.6 Å². The van der Waals surface area contributed by atoms with E-state index in [-0.39, 0.29) is 12.3 Å². The van der Waals surface area contributed by atoms with Gasteiger partial charge in [-0.2, -0.15) is 0 Å². The van der Waals surface area contributed by atoms with Crippen molar-refractivity contribution in [2.75, 3.05) is 12.0 Å². The number of rotatable bonds is 5. The van der Waals surface area contributed by atoms with E-state index in [2.05, 4.69) is 16.9 Å². The highest BCUT2D eigenvalue weighted by atomic mass is 16.5. The Bertz CT molecular complexity index is 931. The minimum atomic E-state index is -0.848. The minimum absolute atomic E-state index is 0.0665. The summed E-state index contributed by atoms with van der Waals surface area (Å²) in [5.41, 5.74) is 2.76. The largest absolute Gasteiger partial charge is 0.495 e. The molecule has 0 unspecified atom stereocenters. The van der Waals surface area contributed by atoms with Crippen LogP contribution >= 0.6 is 0 Å². The van der Waals surface area contributed by atoms with Crippen LogP contribution in [0.3, 0.4) is 0 Å². The Morgan fingerprint density at radius 1 is 1.35 bits per heavy atom. The van der Waals surface area contributed by atoms with Crippen LogP contribution < -0.4 is 9.64 Å². The third-order valence-electron chi connectivity index (χ3n) is 4.00. The molecular formula is C20H18N2O4. The van der Waals surface area contributed by atoms with Gasteiger partial charge in [0.25, 0.3) is 5.91 Å². The molecule has 0 spiro atoms. The number of unbranched alkanes of at least 4 members (excludes halogenated alkanes) is 1. The van der Waals surface area contributed by atoms with Gasteiger partial charge >= 0.3 is 5.97 Å². The number of carbonyl (C=O) groups excluding carboxylic acids is 1. The molecule has 2 heterocycles. The molecule has 0 saturated carbocycles. The molecule has 1 aliphatic heterocycles. The van der Waals surface area contributed by atoms with Gasteiger partial charge in [-0.1, -0.05) is 24.1 Å². The van der Waals surface area contributed by atoms with E-state index in [4.69, 9.17) is 9.84 Å². The highest BCUT2D eigenvalue weighted by Gasteiger charge is 2.31. The third-order valence-corrected chi connectivity index (χ3v) is 4.00. The molecule has 0 atom stereocenters. The number of carboxylic acid groups (broad SMARTS) is 1. The zero-order valence-corrected chi connectivity index (χ0v) is 14.3. The van der Waals surface area contributed by atoms with Crippen LogP contribution in [0.15, 0.2) is 36.5 Å². The molecule has 1 amide bonds. The van der Waals surface area contributed by atoms with E-state index >= 15 is 0 Å². The Morgan fingerprint density at radius 2 is 2.15 bits per heavy atom. The van der Waals surface area contributed by atoms with E-state index in [0.29, 0.717) is 29.9 Å². The van der Waals surface area contributed by atoms with Gasteiger partial charge in [-0.3, -0.25) is 9.59 Å². The van der Waals surface area contributed by atoms with E-state index in [0.717, 1.165) is 11.3 Å². The van der Waals surface area contributed by atoms with Gasteiger partial charge in [0, 0.05) is 30.6 Å². The van der Waals surface area contributed by atoms with Crippen molar-refractivity contribution in [2.45, 2.75) is 19.3 Å². The number of amides is 1. The fraction of sp³-hybridized carbons (Fsp3) is 0.200. The standard InChI is InChI=1S/C20H18N2O4/c1-26-18-10-11-21-16(18)13-15-14-7-4-5-8-17(14)22(20(15)25)12-6-2-3-9-19(23)24/h4-5,7-8,10-11,13,21H,2-3,9H2,1H3,(H,23,24). The van der Waals surface area contributed by atoms with Gasteiger partial charge in [-0.25, -0.2) is 4.90 Å². The molecule has 0 bridgehead atoms. The van der Waals surface area contributed by atoms with Crippen LogP contribution in [0.25, 0.3) is 11.6 Å². The second kappa shape index (κ2) is 7.62. The summed E-state index contributed by atoms with van der Waals surface area (Å²) in [4.78, 5) is 27.9. The molecule has 6 nitrogen and oxygen atoms in total. The van der Waals surface area contributed by atoms with Crippen molar-refractivity contribution in [3.63, 3.8) is 0 Å². The SMILES string of the molecule is COc1cc[nH]c1C=C1C(=O)N(C#CCCCC(=O)O)c2ccccc21. The number of aliphatic carboxylic acids is 1. The first-order chi connectivity index (χ1) is 12.6. The van der Waals surface area contributed by atoms with Gasteiger partial charge in [0.15, 0.2) is 0 Å². The van der Waals surface area contributed by atoms with Crippen molar-refractivity contribution in [1.29, 1.82) is 0 Å². The Kier molecular flexibility index (Phi) is 5.09. The molecule has 1 aromatic carbocycles. The average molecular weight is 350 g/mol. The lowest BCUT2D eigenvalue weighted by Crippen LogP contribution is -2.20. The number of hydrogen-bond acceptors (Lipinski definition) is 3. The van der Waals surface area contributed by atoms with Crippen LogP contribution in [0.1, 0.15) is 30.5 Å². The number of anilines is 1. The van der Waals surface area contributed by atoms with Crippen molar-refractivity contribution in [2.24, 2.45) is 0 Å². The molecule has 132 valence electrons. The van der Waals surface area contributed by atoms with E-state index in [1.54, 1.807) is 25.4 Å². The molecule has 0 fully saturated rings. The maximum Gasteiger partial charge on any atom is 0.303 e. The smallest absolute Gasteiger partial charge is 0.303 e. The number of para-hydroxylation sites is 1. The Labute approximate surface area is 151 Å². The number of ether oxygens (including phenoxy) is 1. The highest BCUT2D eigenvalue weighted by Crippen LogP contribution is 2.37. The number of benzene rings is 1. The van der Waals surface area contributed by atoms with Crippen molar-refractivity contribution in [3.05, 3.63) is 47.8 Å². The van der Waals surface area contributed by atoms with E-state index in [1.165, 1.54) is 4.90 Å². The maximum absolute atomic E-state index is 12.9. The Morgan fingerprint density at radius 3 is 2.92 bits per heavy atom. The lowest BCUT2D eigenvalue weighted by molar-refractivity contribution is -0.137. The van der Waals surface area contributed by atoms with Gasteiger partial charge in [0.05, 0.1) is 24.1 Å². The fourth-order valence-electron chi connectivity index (χ4n) is 2.76. The minimum Gasteiger partial charge on any atom is -0.495 e. The van der Waals surface area contributed by atoms with Crippen LogP contribution in [0.4, 0.5) is 5.69 Å². The highest BCUT2D eigenvalue weighted by molar-refractivity contribution is 6.36. The summed E-state index contributed by atoms with van der Waals surface area (Å²) in [6.45, 7) is 0. The number of hydrogen-bond donors (Lipinski definition) is 2. The molecule has 0 radical (unpaired) electrons. The third kappa shape index (κ3) is 3.47. The molecule has 0 aliphatic carbocycles. The summed E-state index contributed by atoms with van der Waals surface area (Å²) in [6.07, 6.45) is 4.44. The molecule has 1 aromatic heterocycles. The quantitative estimate of drug-likeness (QED) is 0.493. The number of nitrogens with zero attached hydrogens (tertiary/aromatic N) is 1. The van der Waals surface area contributed by atoms with Crippen LogP contribution in [0.5, 0.6) is 5.75 Å². The van der Waals surface area contributed by atoms with E-state index in [9.17, 15) is 9.59 Å². The molecule has 2 aromatic rings. The Balaban J connectivity index is 1.89. The molecule has 0 saturated heterocycles. The van der Waals surface area contributed by atoms with Crippen LogP contribution in [-0.4, -0.2) is 29.1 Å². The van der Waals surface area contributed by atoms with Crippen molar-refractivity contribution in [1.82, 2.24) is 4.98 Å². The zero-order valence-electron chi connectivity index (χ0n) is 14.3. The lowest BCUT2D eigenvalue weighted by Gasteiger charge is -2.07. The number of methoxy groups -OCH3 is 1. The normalized spacial score (nSPS) is 14.1. The monoisotopic (exact) mass is 350 g/mol. The lowest BCUT2D eigenvalue weighted by atomic mass is 10.1. The number of aromatic amines is 1. The first-order valence-electron chi connectivity index (χ1n) is 8.19. The summed E-state index contributed by atoms with van der Waals surface area (Å²) in [6, 6.07) is 12.1. The van der Waals surface area contributed by atoms with E-state index in [1.807, 2.05) is 24.3 Å². The zero-order chi connectivity index (χ0) is 18.5.